The average molecular weight is 524 g/mol. The van der Waals surface area contributed by atoms with Gasteiger partial charge in [0, 0.05) is 25.2 Å². The van der Waals surface area contributed by atoms with Gasteiger partial charge >= 0.3 is 24.3 Å². The molecule has 2 N–H and O–H groups in total. The van der Waals surface area contributed by atoms with Gasteiger partial charge in [0.1, 0.15) is 0 Å². The first-order valence-electron chi connectivity index (χ1n) is 10.5. The number of likely N-dealkylation sites (tertiary alicyclic amines) is 1. The lowest BCUT2D eigenvalue weighted by atomic mass is 9.89. The van der Waals surface area contributed by atoms with E-state index in [1.807, 2.05) is 24.4 Å². The zero-order valence-electron chi connectivity index (χ0n) is 19.2. The van der Waals surface area contributed by atoms with E-state index in [0.717, 1.165) is 31.6 Å². The van der Waals surface area contributed by atoms with E-state index in [1.165, 1.54) is 5.56 Å². The summed E-state index contributed by atoms with van der Waals surface area (Å²) in [5.41, 5.74) is 2.41. The first-order chi connectivity index (χ1) is 16.7. The van der Waals surface area contributed by atoms with Gasteiger partial charge in [-0.2, -0.15) is 26.3 Å². The summed E-state index contributed by atoms with van der Waals surface area (Å²) in [7, 11) is 2.20. The van der Waals surface area contributed by atoms with Crippen molar-refractivity contribution in [2.24, 2.45) is 5.92 Å². The number of carbonyl (C=O) groups is 2. The van der Waals surface area contributed by atoms with Gasteiger partial charge in [-0.15, -0.1) is 0 Å². The van der Waals surface area contributed by atoms with Crippen molar-refractivity contribution in [1.82, 2.24) is 9.88 Å². The molecule has 7 nitrogen and oxygen atoms in total. The van der Waals surface area contributed by atoms with Crippen LogP contribution in [0.1, 0.15) is 17.7 Å². The van der Waals surface area contributed by atoms with E-state index >= 15 is 0 Å². The van der Waals surface area contributed by atoms with E-state index in [4.69, 9.17) is 24.5 Å². The number of ether oxygens (including phenoxy) is 1. The van der Waals surface area contributed by atoms with E-state index in [-0.39, 0.29) is 0 Å². The van der Waals surface area contributed by atoms with Gasteiger partial charge in [0.05, 0.1) is 18.4 Å². The Balaban J connectivity index is 0.000000383. The predicted octanol–water partition coefficient (Wildman–Crippen LogP) is 4.43. The molecule has 2 atom stereocenters. The van der Waals surface area contributed by atoms with Crippen LogP contribution in [-0.4, -0.2) is 70.6 Å². The molecule has 13 heteroatoms. The summed E-state index contributed by atoms with van der Waals surface area (Å²) in [5, 5.41) is 14.2. The molecule has 200 valence electrons. The molecular weight excluding hydrogens is 498 g/mol. The molecule has 1 saturated heterocycles. The second-order valence-corrected chi connectivity index (χ2v) is 7.78. The number of hydrogen-bond acceptors (Lipinski definition) is 5. The summed E-state index contributed by atoms with van der Waals surface area (Å²) in [6.45, 7) is 2.82. The normalized spacial score (nSPS) is 18.2. The molecule has 0 saturated carbocycles. The first kappa shape index (κ1) is 30.8. The van der Waals surface area contributed by atoms with E-state index < -0.39 is 24.3 Å². The molecule has 1 fully saturated rings. The minimum absolute atomic E-state index is 0.318. The van der Waals surface area contributed by atoms with Crippen molar-refractivity contribution in [3.63, 3.8) is 0 Å². The van der Waals surface area contributed by atoms with Crippen LogP contribution < -0.4 is 0 Å². The highest BCUT2D eigenvalue weighted by atomic mass is 19.4. The lowest BCUT2D eigenvalue weighted by Gasteiger charge is -2.36. The number of pyridine rings is 1. The second kappa shape index (κ2) is 14.4. The van der Waals surface area contributed by atoms with Crippen molar-refractivity contribution in [3.05, 3.63) is 66.0 Å². The molecule has 36 heavy (non-hydrogen) atoms. The molecule has 1 aliphatic rings. The van der Waals surface area contributed by atoms with Crippen LogP contribution in [0.2, 0.25) is 0 Å². The number of aliphatic carboxylic acids is 2. The fourth-order valence-electron chi connectivity index (χ4n) is 3.20. The fraction of sp³-hybridized carbons (Fsp3) is 0.435. The van der Waals surface area contributed by atoms with Crippen LogP contribution in [0.15, 0.2) is 54.7 Å². The number of nitrogens with zero attached hydrogens (tertiary/aromatic N) is 2. The van der Waals surface area contributed by atoms with Gasteiger partial charge in [-0.3, -0.25) is 4.98 Å². The van der Waals surface area contributed by atoms with Gasteiger partial charge in [-0.05, 0) is 37.6 Å². The number of hydrogen-bond donors (Lipinski definition) is 2. The lowest BCUT2D eigenvalue weighted by Crippen LogP contribution is -2.43. The van der Waals surface area contributed by atoms with Gasteiger partial charge in [0.2, 0.25) is 0 Å². The fourth-order valence-corrected chi connectivity index (χ4v) is 3.20. The third kappa shape index (κ3) is 12.5. The zero-order chi connectivity index (χ0) is 27.4. The molecule has 0 radical (unpaired) electrons. The highest BCUT2D eigenvalue weighted by molar-refractivity contribution is 5.73. The molecular formula is C23H26F6N2O5. The Morgan fingerprint density at radius 2 is 1.50 bits per heavy atom. The van der Waals surface area contributed by atoms with Crippen LogP contribution >= 0.6 is 0 Å². The van der Waals surface area contributed by atoms with E-state index in [2.05, 4.69) is 47.3 Å². The zero-order valence-corrected chi connectivity index (χ0v) is 19.2. The topological polar surface area (TPSA) is 100.0 Å². The molecule has 3 rings (SSSR count). The summed E-state index contributed by atoms with van der Waals surface area (Å²) in [6, 6.07) is 16.7. The quantitative estimate of drug-likeness (QED) is 0.559. The SMILES string of the molecule is CN1CC[C@H](OCc2ccccn2)[C@@H](Cc2ccccc2)C1.O=C(O)C(F)(F)F.O=C(O)C(F)(F)F. The number of alkyl halides is 6. The Hall–Kier alpha value is -3.19. The number of carboxylic acids is 2. The summed E-state index contributed by atoms with van der Waals surface area (Å²) < 4.78 is 69.7. The Kier molecular flexibility index (Phi) is 12.3. The second-order valence-electron chi connectivity index (χ2n) is 7.78. The molecule has 2 heterocycles. The van der Waals surface area contributed by atoms with Crippen molar-refractivity contribution in [2.45, 2.75) is 37.9 Å². The third-order valence-electron chi connectivity index (χ3n) is 4.86. The molecule has 0 spiro atoms. The van der Waals surface area contributed by atoms with Crippen LogP contribution in [0.5, 0.6) is 0 Å². The Bertz CT molecular complexity index is 902. The van der Waals surface area contributed by atoms with Crippen LogP contribution in [-0.2, 0) is 27.4 Å². The largest absolute Gasteiger partial charge is 0.490 e. The molecule has 2 aromatic rings. The summed E-state index contributed by atoms with van der Waals surface area (Å²) in [5.74, 6) is -4.97. The predicted molar refractivity (Wildman–Crippen MR) is 116 cm³/mol. The maximum absolute atomic E-state index is 10.6. The molecule has 1 aromatic heterocycles. The first-order valence-corrected chi connectivity index (χ1v) is 10.5. The minimum Gasteiger partial charge on any atom is -0.475 e. The number of benzene rings is 1. The Morgan fingerprint density at radius 3 is 1.97 bits per heavy atom. The van der Waals surface area contributed by atoms with Gasteiger partial charge in [-0.25, -0.2) is 9.59 Å². The Labute approximate surface area is 203 Å². The van der Waals surface area contributed by atoms with E-state index in [9.17, 15) is 26.3 Å². The van der Waals surface area contributed by atoms with Crippen molar-refractivity contribution < 1.29 is 50.9 Å². The number of carboxylic acid groups (broad SMARTS) is 2. The van der Waals surface area contributed by atoms with Crippen LogP contribution in [0.3, 0.4) is 0 Å². The standard InChI is InChI=1S/C19H24N2O.2C2HF3O2/c1-21-12-10-19(22-15-18-9-5-6-11-20-18)17(14-21)13-16-7-3-2-4-8-16;2*3-2(4,5)1(6)7/h2-9,11,17,19H,10,12-15H2,1H3;2*(H,6,7)/t17-,19-;;/m0../s1. The van der Waals surface area contributed by atoms with Gasteiger partial charge in [0.15, 0.2) is 0 Å². The molecule has 0 amide bonds. The average Bonchev–Trinajstić information content (AvgIpc) is 2.79. The van der Waals surface area contributed by atoms with Gasteiger partial charge < -0.3 is 19.8 Å². The molecule has 1 aliphatic heterocycles. The third-order valence-corrected chi connectivity index (χ3v) is 4.86. The maximum Gasteiger partial charge on any atom is 0.490 e. The van der Waals surface area contributed by atoms with Gasteiger partial charge in [0.25, 0.3) is 0 Å². The van der Waals surface area contributed by atoms with Gasteiger partial charge in [-0.1, -0.05) is 36.4 Å². The van der Waals surface area contributed by atoms with Crippen molar-refractivity contribution in [2.75, 3.05) is 20.1 Å². The summed E-state index contributed by atoms with van der Waals surface area (Å²) in [6.07, 6.45) is -5.84. The lowest BCUT2D eigenvalue weighted by molar-refractivity contribution is -0.193. The van der Waals surface area contributed by atoms with Crippen molar-refractivity contribution in [1.29, 1.82) is 0 Å². The Morgan fingerprint density at radius 1 is 0.972 bits per heavy atom. The number of aromatic nitrogens is 1. The van der Waals surface area contributed by atoms with Crippen LogP contribution in [0.4, 0.5) is 26.3 Å². The highest BCUT2D eigenvalue weighted by Gasteiger charge is 2.38. The molecule has 1 aromatic carbocycles. The maximum atomic E-state index is 10.6. The van der Waals surface area contributed by atoms with Crippen LogP contribution in [0.25, 0.3) is 0 Å². The molecule has 0 aliphatic carbocycles. The van der Waals surface area contributed by atoms with Crippen molar-refractivity contribution in [3.8, 4) is 0 Å². The summed E-state index contributed by atoms with van der Waals surface area (Å²) >= 11 is 0. The number of piperidine rings is 1. The minimum atomic E-state index is -5.08. The van der Waals surface area contributed by atoms with E-state index in [1.54, 1.807) is 0 Å². The van der Waals surface area contributed by atoms with Crippen LogP contribution in [0, 0.1) is 5.92 Å². The number of halogens is 6. The highest BCUT2D eigenvalue weighted by Crippen LogP contribution is 2.24. The van der Waals surface area contributed by atoms with Crippen molar-refractivity contribution >= 4 is 11.9 Å². The van der Waals surface area contributed by atoms with E-state index in [0.29, 0.717) is 18.6 Å². The molecule has 0 unspecified atom stereocenters. The molecule has 0 bridgehead atoms. The summed E-state index contributed by atoms with van der Waals surface area (Å²) in [4.78, 5) is 24.6. The monoisotopic (exact) mass is 524 g/mol. The smallest absolute Gasteiger partial charge is 0.475 e. The number of rotatable bonds is 5.